The van der Waals surface area contributed by atoms with Gasteiger partial charge in [0.2, 0.25) is 11.1 Å². The summed E-state index contributed by atoms with van der Waals surface area (Å²) in [5.41, 5.74) is 6.35. The van der Waals surface area contributed by atoms with Crippen LogP contribution in [-0.2, 0) is 0 Å². The minimum Gasteiger partial charge on any atom is -0.368 e. The molecule has 2 aromatic rings. The molecule has 0 aliphatic heterocycles. The molecule has 0 unspecified atom stereocenters. The Kier molecular flexibility index (Phi) is 2.96. The molecule has 0 spiro atoms. The van der Waals surface area contributed by atoms with Crippen LogP contribution in [0, 0.1) is 10.1 Å². The predicted octanol–water partition coefficient (Wildman–Crippen LogP) is 1.48. The van der Waals surface area contributed by atoms with Crippen molar-refractivity contribution in [2.24, 2.45) is 0 Å². The standard InChI is InChI=1S/C9H9N5O2S/c1-17-9-11-8(10)13(12-9)6-2-4-7(5-3-6)14(15)16/h2-5H,1H3,(H2,10,11,12). The van der Waals surface area contributed by atoms with Crippen LogP contribution in [0.5, 0.6) is 0 Å². The largest absolute Gasteiger partial charge is 0.368 e. The Morgan fingerprint density at radius 2 is 2.06 bits per heavy atom. The average Bonchev–Trinajstić information content (AvgIpc) is 2.71. The van der Waals surface area contributed by atoms with Crippen LogP contribution in [0.4, 0.5) is 11.6 Å². The summed E-state index contributed by atoms with van der Waals surface area (Å²) in [6, 6.07) is 5.95. The summed E-state index contributed by atoms with van der Waals surface area (Å²) >= 11 is 1.38. The van der Waals surface area contributed by atoms with Crippen molar-refractivity contribution in [3.8, 4) is 5.69 Å². The normalized spacial score (nSPS) is 10.4. The Morgan fingerprint density at radius 1 is 1.41 bits per heavy atom. The fourth-order valence-electron chi connectivity index (χ4n) is 1.30. The van der Waals surface area contributed by atoms with Gasteiger partial charge in [-0.2, -0.15) is 9.67 Å². The van der Waals surface area contributed by atoms with Crippen molar-refractivity contribution in [2.45, 2.75) is 5.16 Å². The summed E-state index contributed by atoms with van der Waals surface area (Å²) in [4.78, 5) is 14.1. The van der Waals surface area contributed by atoms with E-state index in [1.165, 1.54) is 28.6 Å². The monoisotopic (exact) mass is 251 g/mol. The average molecular weight is 251 g/mol. The first-order chi connectivity index (χ1) is 8.11. The van der Waals surface area contributed by atoms with Gasteiger partial charge in [-0.15, -0.1) is 5.10 Å². The molecule has 17 heavy (non-hydrogen) atoms. The van der Waals surface area contributed by atoms with Crippen molar-refractivity contribution in [3.63, 3.8) is 0 Å². The Balaban J connectivity index is 2.39. The first kappa shape index (κ1) is 11.4. The Labute approximate surface area is 101 Å². The van der Waals surface area contributed by atoms with Crippen LogP contribution >= 0.6 is 11.8 Å². The topological polar surface area (TPSA) is 99.9 Å². The van der Waals surface area contributed by atoms with Crippen LogP contribution in [0.1, 0.15) is 0 Å². The van der Waals surface area contributed by atoms with Crippen LogP contribution in [0.25, 0.3) is 5.69 Å². The van der Waals surface area contributed by atoms with E-state index in [0.29, 0.717) is 10.8 Å². The molecule has 0 saturated carbocycles. The molecule has 0 saturated heterocycles. The van der Waals surface area contributed by atoms with E-state index in [1.54, 1.807) is 12.1 Å². The maximum absolute atomic E-state index is 10.5. The van der Waals surface area contributed by atoms with Crippen molar-refractivity contribution in [1.29, 1.82) is 0 Å². The van der Waals surface area contributed by atoms with Gasteiger partial charge in [0.15, 0.2) is 0 Å². The molecule has 2 rings (SSSR count). The van der Waals surface area contributed by atoms with E-state index in [2.05, 4.69) is 10.1 Å². The maximum atomic E-state index is 10.5. The SMILES string of the molecule is CSc1nc(N)n(-c2ccc([N+](=O)[O-])cc2)n1. The predicted molar refractivity (Wildman–Crippen MR) is 64.2 cm³/mol. The van der Waals surface area contributed by atoms with Gasteiger partial charge >= 0.3 is 0 Å². The minimum absolute atomic E-state index is 0.0255. The van der Waals surface area contributed by atoms with Crippen LogP contribution in [0.3, 0.4) is 0 Å². The van der Waals surface area contributed by atoms with E-state index in [-0.39, 0.29) is 11.6 Å². The molecule has 0 amide bonds. The molecule has 1 heterocycles. The number of nitrogen functional groups attached to an aromatic ring is 1. The number of nitrogens with two attached hydrogens (primary N) is 1. The summed E-state index contributed by atoms with van der Waals surface area (Å²) in [6.07, 6.45) is 1.84. The van der Waals surface area contributed by atoms with Crippen molar-refractivity contribution >= 4 is 23.4 Å². The fraction of sp³-hybridized carbons (Fsp3) is 0.111. The number of thioether (sulfide) groups is 1. The second-order valence-electron chi connectivity index (χ2n) is 3.14. The minimum atomic E-state index is -0.457. The second-order valence-corrected chi connectivity index (χ2v) is 3.92. The fourth-order valence-corrected chi connectivity index (χ4v) is 1.64. The zero-order chi connectivity index (χ0) is 12.4. The number of hydrogen-bond acceptors (Lipinski definition) is 6. The first-order valence-electron chi connectivity index (χ1n) is 4.63. The molecular weight excluding hydrogens is 242 g/mol. The molecule has 0 atom stereocenters. The Bertz CT molecular complexity index is 551. The van der Waals surface area contributed by atoms with Gasteiger partial charge in [-0.1, -0.05) is 11.8 Å². The number of benzene rings is 1. The van der Waals surface area contributed by atoms with Crippen molar-refractivity contribution in [3.05, 3.63) is 34.4 Å². The number of hydrogen-bond donors (Lipinski definition) is 1. The van der Waals surface area contributed by atoms with E-state index >= 15 is 0 Å². The molecule has 1 aromatic heterocycles. The lowest BCUT2D eigenvalue weighted by molar-refractivity contribution is -0.384. The van der Waals surface area contributed by atoms with Gasteiger partial charge in [-0.3, -0.25) is 10.1 Å². The van der Waals surface area contributed by atoms with Gasteiger partial charge in [-0.25, -0.2) is 0 Å². The van der Waals surface area contributed by atoms with Crippen LogP contribution in [0.2, 0.25) is 0 Å². The van der Waals surface area contributed by atoms with Crippen molar-refractivity contribution < 1.29 is 4.92 Å². The van der Waals surface area contributed by atoms with E-state index in [1.807, 2.05) is 6.26 Å². The molecule has 0 aliphatic rings. The van der Waals surface area contributed by atoms with Crippen LogP contribution in [0.15, 0.2) is 29.4 Å². The summed E-state index contributed by atoms with van der Waals surface area (Å²) < 4.78 is 1.44. The number of nitro benzene ring substituents is 1. The number of nitrogens with zero attached hydrogens (tertiary/aromatic N) is 4. The van der Waals surface area contributed by atoms with E-state index < -0.39 is 4.92 Å². The highest BCUT2D eigenvalue weighted by Gasteiger charge is 2.10. The van der Waals surface area contributed by atoms with Gasteiger partial charge in [0.1, 0.15) is 0 Å². The molecule has 1 aromatic carbocycles. The Morgan fingerprint density at radius 3 is 2.53 bits per heavy atom. The second kappa shape index (κ2) is 4.42. The zero-order valence-corrected chi connectivity index (χ0v) is 9.72. The van der Waals surface area contributed by atoms with Gasteiger partial charge in [0.25, 0.3) is 5.69 Å². The van der Waals surface area contributed by atoms with E-state index in [9.17, 15) is 10.1 Å². The van der Waals surface area contributed by atoms with Crippen LogP contribution < -0.4 is 5.73 Å². The summed E-state index contributed by atoms with van der Waals surface area (Å²) in [6.45, 7) is 0. The van der Waals surface area contributed by atoms with Crippen molar-refractivity contribution in [2.75, 3.05) is 12.0 Å². The highest BCUT2D eigenvalue weighted by atomic mass is 32.2. The number of anilines is 1. The first-order valence-corrected chi connectivity index (χ1v) is 5.85. The molecule has 7 nitrogen and oxygen atoms in total. The number of nitro groups is 1. The van der Waals surface area contributed by atoms with Gasteiger partial charge in [-0.05, 0) is 18.4 Å². The number of rotatable bonds is 3. The van der Waals surface area contributed by atoms with Gasteiger partial charge < -0.3 is 5.73 Å². The van der Waals surface area contributed by atoms with E-state index in [4.69, 9.17) is 5.73 Å². The summed E-state index contributed by atoms with van der Waals surface area (Å²) in [7, 11) is 0. The lowest BCUT2D eigenvalue weighted by Gasteiger charge is -2.01. The molecule has 0 bridgehead atoms. The number of aromatic nitrogens is 3. The third-order valence-corrected chi connectivity index (χ3v) is 2.64. The third kappa shape index (κ3) is 2.21. The number of non-ortho nitro benzene ring substituents is 1. The van der Waals surface area contributed by atoms with Crippen molar-refractivity contribution in [1.82, 2.24) is 14.8 Å². The maximum Gasteiger partial charge on any atom is 0.269 e. The third-order valence-electron chi connectivity index (χ3n) is 2.10. The highest BCUT2D eigenvalue weighted by Crippen LogP contribution is 2.18. The molecule has 0 aliphatic carbocycles. The molecule has 2 N–H and O–H groups in total. The molecule has 0 radical (unpaired) electrons. The van der Waals surface area contributed by atoms with Gasteiger partial charge in [0, 0.05) is 12.1 Å². The van der Waals surface area contributed by atoms with Crippen LogP contribution in [-0.4, -0.2) is 25.9 Å². The zero-order valence-electron chi connectivity index (χ0n) is 8.90. The highest BCUT2D eigenvalue weighted by molar-refractivity contribution is 7.98. The van der Waals surface area contributed by atoms with Gasteiger partial charge in [0.05, 0.1) is 10.6 Å². The lowest BCUT2D eigenvalue weighted by Crippen LogP contribution is -2.02. The summed E-state index contributed by atoms with van der Waals surface area (Å²) in [5.74, 6) is 0.253. The lowest BCUT2D eigenvalue weighted by atomic mass is 10.3. The molecule has 8 heteroatoms. The molecular formula is C9H9N5O2S. The molecule has 88 valence electrons. The summed E-state index contributed by atoms with van der Waals surface area (Å²) in [5, 5.41) is 15.2. The molecule has 0 fully saturated rings. The van der Waals surface area contributed by atoms with E-state index in [0.717, 1.165) is 0 Å². The quantitative estimate of drug-likeness (QED) is 0.504. The Hall–Kier alpha value is -2.09. The smallest absolute Gasteiger partial charge is 0.269 e.